The van der Waals surface area contributed by atoms with Crippen molar-refractivity contribution in [3.05, 3.63) is 52.0 Å². The van der Waals surface area contributed by atoms with Crippen LogP contribution in [0.5, 0.6) is 0 Å². The lowest BCUT2D eigenvalue weighted by Crippen LogP contribution is -2.45. The number of hydrogen-bond acceptors (Lipinski definition) is 3. The Labute approximate surface area is 124 Å². The van der Waals surface area contributed by atoms with Crippen LogP contribution in [0.2, 0.25) is 0 Å². The zero-order chi connectivity index (χ0) is 14.3. The second kappa shape index (κ2) is 5.03. The van der Waals surface area contributed by atoms with Crippen molar-refractivity contribution < 1.29 is 9.90 Å². The molecule has 2 N–H and O–H groups in total. The second-order valence-electron chi connectivity index (χ2n) is 4.90. The Balaban J connectivity index is 2.11. The van der Waals surface area contributed by atoms with Crippen molar-refractivity contribution in [1.82, 2.24) is 14.9 Å². The number of nitrogens with one attached hydrogen (secondary N) is 1. The Hall–Kier alpha value is -1.66. The van der Waals surface area contributed by atoms with Gasteiger partial charge in [0.2, 0.25) is 0 Å². The van der Waals surface area contributed by atoms with E-state index in [-0.39, 0.29) is 6.04 Å². The number of nitrogens with zero attached hydrogens (tertiary/aromatic N) is 2. The summed E-state index contributed by atoms with van der Waals surface area (Å²) in [5.41, 5.74) is 2.89. The third kappa shape index (κ3) is 2.14. The molecular weight excluding hydrogens is 322 g/mol. The van der Waals surface area contributed by atoms with E-state index in [0.717, 1.165) is 21.4 Å². The summed E-state index contributed by atoms with van der Waals surface area (Å²) in [4.78, 5) is 15.7. The molecule has 0 fully saturated rings. The molecule has 1 aliphatic heterocycles. The number of benzene rings is 1. The topological polar surface area (TPSA) is 67.2 Å². The van der Waals surface area contributed by atoms with Crippen molar-refractivity contribution in [1.29, 1.82) is 0 Å². The molecule has 3 rings (SSSR count). The minimum absolute atomic E-state index is 0.178. The standard InChI is InChI=1S/C14H14BrN3O2/c1-18-7-16-10-6-11(14(19)20)17-12(13(10)18)8-4-2-3-5-9(8)15/h2-5,7,11-12,17H,6H2,1H3,(H,19,20). The van der Waals surface area contributed by atoms with Gasteiger partial charge in [0.1, 0.15) is 6.04 Å². The number of aliphatic carboxylic acids is 1. The molecule has 2 unspecified atom stereocenters. The number of carboxylic acid groups (broad SMARTS) is 1. The maximum atomic E-state index is 11.3. The maximum absolute atomic E-state index is 11.3. The van der Waals surface area contributed by atoms with Crippen molar-refractivity contribution in [3.8, 4) is 0 Å². The van der Waals surface area contributed by atoms with Gasteiger partial charge in [-0.05, 0) is 11.6 Å². The Kier molecular flexibility index (Phi) is 3.35. The van der Waals surface area contributed by atoms with Gasteiger partial charge in [-0.3, -0.25) is 10.1 Å². The lowest BCUT2D eigenvalue weighted by molar-refractivity contribution is -0.139. The molecule has 2 aromatic rings. The molecule has 0 saturated carbocycles. The number of carboxylic acids is 1. The van der Waals surface area contributed by atoms with E-state index in [9.17, 15) is 9.90 Å². The van der Waals surface area contributed by atoms with Gasteiger partial charge in [-0.1, -0.05) is 34.1 Å². The summed E-state index contributed by atoms with van der Waals surface area (Å²) in [5, 5.41) is 12.5. The third-order valence-corrected chi connectivity index (χ3v) is 4.34. The fourth-order valence-electron chi connectivity index (χ4n) is 2.65. The molecule has 0 saturated heterocycles. The van der Waals surface area contributed by atoms with Gasteiger partial charge in [0.15, 0.2) is 0 Å². The van der Waals surface area contributed by atoms with E-state index in [0.29, 0.717) is 6.42 Å². The molecule has 2 heterocycles. The van der Waals surface area contributed by atoms with Crippen molar-refractivity contribution in [2.24, 2.45) is 7.05 Å². The van der Waals surface area contributed by atoms with E-state index in [1.165, 1.54) is 0 Å². The van der Waals surface area contributed by atoms with Gasteiger partial charge >= 0.3 is 5.97 Å². The molecule has 0 spiro atoms. The van der Waals surface area contributed by atoms with Gasteiger partial charge in [0, 0.05) is 17.9 Å². The molecule has 0 radical (unpaired) electrons. The van der Waals surface area contributed by atoms with Crippen LogP contribution in [0.15, 0.2) is 35.1 Å². The summed E-state index contributed by atoms with van der Waals surface area (Å²) in [6.07, 6.45) is 2.15. The highest BCUT2D eigenvalue weighted by molar-refractivity contribution is 9.10. The molecule has 6 heteroatoms. The van der Waals surface area contributed by atoms with Crippen LogP contribution in [0, 0.1) is 0 Å². The number of rotatable bonds is 2. The number of aromatic nitrogens is 2. The van der Waals surface area contributed by atoms with Crippen LogP contribution in [0.4, 0.5) is 0 Å². The third-order valence-electron chi connectivity index (χ3n) is 3.62. The molecule has 2 atom stereocenters. The number of carbonyl (C=O) groups is 1. The predicted octanol–water partition coefficient (Wildman–Crippen LogP) is 1.87. The first-order valence-corrected chi connectivity index (χ1v) is 7.10. The first-order chi connectivity index (χ1) is 9.58. The van der Waals surface area contributed by atoms with Gasteiger partial charge in [0.05, 0.1) is 23.8 Å². The summed E-state index contributed by atoms with van der Waals surface area (Å²) >= 11 is 3.54. The smallest absolute Gasteiger partial charge is 0.321 e. The van der Waals surface area contributed by atoms with Crippen LogP contribution in [0.25, 0.3) is 0 Å². The zero-order valence-electron chi connectivity index (χ0n) is 10.9. The normalized spacial score (nSPS) is 21.5. The number of imidazole rings is 1. The van der Waals surface area contributed by atoms with Crippen LogP contribution >= 0.6 is 15.9 Å². The molecular formula is C14H14BrN3O2. The highest BCUT2D eigenvalue weighted by Crippen LogP contribution is 2.33. The first kappa shape index (κ1) is 13.3. The summed E-state index contributed by atoms with van der Waals surface area (Å²) in [5.74, 6) is -0.849. The highest BCUT2D eigenvalue weighted by atomic mass is 79.9. The Bertz CT molecular complexity index is 668. The molecule has 0 aliphatic carbocycles. The highest BCUT2D eigenvalue weighted by Gasteiger charge is 2.34. The molecule has 5 nitrogen and oxygen atoms in total. The van der Waals surface area contributed by atoms with E-state index in [2.05, 4.69) is 26.2 Å². The monoisotopic (exact) mass is 335 g/mol. The molecule has 0 bridgehead atoms. The largest absolute Gasteiger partial charge is 0.480 e. The Morgan fingerprint density at radius 1 is 1.50 bits per heavy atom. The molecule has 104 valence electrons. The van der Waals surface area contributed by atoms with Crippen LogP contribution in [0.1, 0.15) is 23.0 Å². The van der Waals surface area contributed by atoms with E-state index >= 15 is 0 Å². The van der Waals surface area contributed by atoms with E-state index in [1.807, 2.05) is 35.9 Å². The number of halogens is 1. The second-order valence-corrected chi connectivity index (χ2v) is 5.76. The maximum Gasteiger partial charge on any atom is 0.321 e. The van der Waals surface area contributed by atoms with Gasteiger partial charge < -0.3 is 9.67 Å². The number of aryl methyl sites for hydroxylation is 1. The lowest BCUT2D eigenvalue weighted by Gasteiger charge is -2.30. The van der Waals surface area contributed by atoms with Crippen LogP contribution in [-0.4, -0.2) is 26.7 Å². The number of fused-ring (bicyclic) bond motifs is 1. The SMILES string of the molecule is Cn1cnc2c1C(c1ccccc1Br)NC(C(=O)O)C2. The fourth-order valence-corrected chi connectivity index (χ4v) is 3.17. The first-order valence-electron chi connectivity index (χ1n) is 6.31. The lowest BCUT2D eigenvalue weighted by atomic mass is 9.94. The van der Waals surface area contributed by atoms with E-state index in [1.54, 1.807) is 6.33 Å². The molecule has 20 heavy (non-hydrogen) atoms. The fraction of sp³-hybridized carbons (Fsp3) is 0.286. The number of hydrogen-bond donors (Lipinski definition) is 2. The van der Waals surface area contributed by atoms with Crippen LogP contribution < -0.4 is 5.32 Å². The molecule has 1 aromatic heterocycles. The van der Waals surface area contributed by atoms with Gasteiger partial charge in [-0.15, -0.1) is 0 Å². The van der Waals surface area contributed by atoms with Crippen LogP contribution in [0.3, 0.4) is 0 Å². The van der Waals surface area contributed by atoms with E-state index < -0.39 is 12.0 Å². The minimum atomic E-state index is -0.849. The van der Waals surface area contributed by atoms with E-state index in [4.69, 9.17) is 0 Å². The van der Waals surface area contributed by atoms with Crippen molar-refractivity contribution in [3.63, 3.8) is 0 Å². The Morgan fingerprint density at radius 3 is 2.95 bits per heavy atom. The van der Waals surface area contributed by atoms with Gasteiger partial charge in [-0.2, -0.15) is 0 Å². The minimum Gasteiger partial charge on any atom is -0.480 e. The molecule has 1 aliphatic rings. The quantitative estimate of drug-likeness (QED) is 0.879. The Morgan fingerprint density at radius 2 is 2.25 bits per heavy atom. The van der Waals surface area contributed by atoms with Crippen LogP contribution in [-0.2, 0) is 18.3 Å². The summed E-state index contributed by atoms with van der Waals surface area (Å²) < 4.78 is 2.90. The predicted molar refractivity (Wildman–Crippen MR) is 77.5 cm³/mol. The molecule has 0 amide bonds. The van der Waals surface area contributed by atoms with Crippen molar-refractivity contribution in [2.45, 2.75) is 18.5 Å². The van der Waals surface area contributed by atoms with Gasteiger partial charge in [-0.25, -0.2) is 4.98 Å². The van der Waals surface area contributed by atoms with Gasteiger partial charge in [0.25, 0.3) is 0 Å². The van der Waals surface area contributed by atoms with Crippen molar-refractivity contribution in [2.75, 3.05) is 0 Å². The summed E-state index contributed by atoms with van der Waals surface area (Å²) in [6.45, 7) is 0. The average Bonchev–Trinajstić information content (AvgIpc) is 2.80. The van der Waals surface area contributed by atoms with Crippen molar-refractivity contribution >= 4 is 21.9 Å². The molecule has 1 aromatic carbocycles. The summed E-state index contributed by atoms with van der Waals surface area (Å²) in [6, 6.07) is 7.04. The summed E-state index contributed by atoms with van der Waals surface area (Å²) in [7, 11) is 1.93. The zero-order valence-corrected chi connectivity index (χ0v) is 12.5. The average molecular weight is 336 g/mol.